The van der Waals surface area contributed by atoms with Crippen molar-refractivity contribution in [2.75, 3.05) is 39.4 Å². The Kier molecular flexibility index (Phi) is 5.03. The van der Waals surface area contributed by atoms with E-state index in [0.29, 0.717) is 6.04 Å². The molecule has 2 atom stereocenters. The van der Waals surface area contributed by atoms with Gasteiger partial charge in [0.25, 0.3) is 0 Å². The predicted octanol–water partition coefficient (Wildman–Crippen LogP) is 0.823. The summed E-state index contributed by atoms with van der Waals surface area (Å²) in [6.07, 6.45) is 3.56. The minimum Gasteiger partial charge on any atom is -0.353 e. The zero-order chi connectivity index (χ0) is 11.2. The van der Waals surface area contributed by atoms with Crippen molar-refractivity contribution in [3.05, 3.63) is 0 Å². The highest BCUT2D eigenvalue weighted by atomic mass is 16.7. The molecule has 2 aliphatic rings. The predicted molar refractivity (Wildman–Crippen MR) is 63.4 cm³/mol. The molecule has 1 unspecified atom stereocenters. The summed E-state index contributed by atoms with van der Waals surface area (Å²) in [5.41, 5.74) is 0. The largest absolute Gasteiger partial charge is 0.353 e. The van der Waals surface area contributed by atoms with Crippen LogP contribution in [0.5, 0.6) is 0 Å². The normalized spacial score (nSPS) is 32.8. The molecule has 0 saturated carbocycles. The average Bonchev–Trinajstić information content (AvgIpc) is 2.33. The topological polar surface area (TPSA) is 33.7 Å². The molecule has 2 rings (SSSR count). The van der Waals surface area contributed by atoms with Crippen molar-refractivity contribution in [3.63, 3.8) is 0 Å². The molecule has 0 aromatic rings. The number of hydrogen-bond acceptors (Lipinski definition) is 4. The Bertz CT molecular complexity index is 195. The first-order valence-electron chi connectivity index (χ1n) is 6.54. The smallest absolute Gasteiger partial charge is 0.157 e. The van der Waals surface area contributed by atoms with Crippen LogP contribution in [0.4, 0.5) is 0 Å². The molecule has 2 aliphatic heterocycles. The van der Waals surface area contributed by atoms with Gasteiger partial charge in [0.2, 0.25) is 0 Å². The molecule has 16 heavy (non-hydrogen) atoms. The van der Waals surface area contributed by atoms with Crippen LogP contribution in [-0.2, 0) is 9.47 Å². The number of nitrogens with one attached hydrogen (secondary N) is 1. The van der Waals surface area contributed by atoms with Crippen LogP contribution in [0.15, 0.2) is 0 Å². The van der Waals surface area contributed by atoms with Gasteiger partial charge in [0.1, 0.15) is 0 Å². The third-order valence-corrected chi connectivity index (χ3v) is 3.46. The van der Waals surface area contributed by atoms with Gasteiger partial charge in [-0.2, -0.15) is 0 Å². The number of nitrogens with zero attached hydrogens (tertiary/aromatic N) is 1. The Morgan fingerprint density at radius 3 is 3.12 bits per heavy atom. The van der Waals surface area contributed by atoms with Crippen LogP contribution in [0.2, 0.25) is 0 Å². The molecular formula is C12H24N2O2. The summed E-state index contributed by atoms with van der Waals surface area (Å²) >= 11 is 0. The molecule has 0 radical (unpaired) electrons. The zero-order valence-electron chi connectivity index (χ0n) is 10.3. The van der Waals surface area contributed by atoms with Crippen LogP contribution in [0.3, 0.4) is 0 Å². The van der Waals surface area contributed by atoms with Crippen molar-refractivity contribution >= 4 is 0 Å². The molecule has 94 valence electrons. The quantitative estimate of drug-likeness (QED) is 0.772. The van der Waals surface area contributed by atoms with Gasteiger partial charge in [0.15, 0.2) is 6.29 Å². The fourth-order valence-electron chi connectivity index (χ4n) is 2.36. The second-order valence-electron chi connectivity index (χ2n) is 4.76. The molecule has 4 heteroatoms. The highest BCUT2D eigenvalue weighted by molar-refractivity contribution is 4.75. The Hall–Kier alpha value is -0.160. The van der Waals surface area contributed by atoms with E-state index in [1.165, 1.54) is 12.8 Å². The summed E-state index contributed by atoms with van der Waals surface area (Å²) in [4.78, 5) is 2.49. The summed E-state index contributed by atoms with van der Waals surface area (Å²) in [6, 6.07) is 0.629. The SMILES string of the molecule is C[C@@H]1CNCCN1CCOC1CCCCO1. The lowest BCUT2D eigenvalue weighted by Gasteiger charge is -2.34. The summed E-state index contributed by atoms with van der Waals surface area (Å²) in [5.74, 6) is 0. The van der Waals surface area contributed by atoms with Crippen LogP contribution >= 0.6 is 0 Å². The summed E-state index contributed by atoms with van der Waals surface area (Å²) in [7, 11) is 0. The first-order chi connectivity index (χ1) is 7.86. The maximum atomic E-state index is 5.75. The van der Waals surface area contributed by atoms with Crippen LogP contribution < -0.4 is 5.32 Å². The second kappa shape index (κ2) is 6.55. The number of rotatable bonds is 4. The lowest BCUT2D eigenvalue weighted by Crippen LogP contribution is -2.50. The Labute approximate surface area is 98.3 Å². The summed E-state index contributed by atoms with van der Waals surface area (Å²) in [5, 5.41) is 3.40. The minimum absolute atomic E-state index is 0.0620. The first-order valence-corrected chi connectivity index (χ1v) is 6.54. The van der Waals surface area contributed by atoms with Gasteiger partial charge in [-0.25, -0.2) is 0 Å². The third kappa shape index (κ3) is 3.70. The van der Waals surface area contributed by atoms with Crippen molar-refractivity contribution in [2.24, 2.45) is 0 Å². The molecule has 1 N–H and O–H groups in total. The molecular weight excluding hydrogens is 204 g/mol. The molecule has 2 fully saturated rings. The van der Waals surface area contributed by atoms with E-state index in [-0.39, 0.29) is 6.29 Å². The van der Waals surface area contributed by atoms with E-state index in [4.69, 9.17) is 9.47 Å². The minimum atomic E-state index is 0.0620. The van der Waals surface area contributed by atoms with Gasteiger partial charge < -0.3 is 14.8 Å². The van der Waals surface area contributed by atoms with E-state index < -0.39 is 0 Å². The molecule has 4 nitrogen and oxygen atoms in total. The van der Waals surface area contributed by atoms with Gasteiger partial charge in [-0.3, -0.25) is 4.90 Å². The Morgan fingerprint density at radius 2 is 2.38 bits per heavy atom. The summed E-state index contributed by atoms with van der Waals surface area (Å²) < 4.78 is 11.3. The Morgan fingerprint density at radius 1 is 1.44 bits per heavy atom. The second-order valence-corrected chi connectivity index (χ2v) is 4.76. The van der Waals surface area contributed by atoms with Gasteiger partial charge in [0, 0.05) is 38.8 Å². The van der Waals surface area contributed by atoms with E-state index >= 15 is 0 Å². The molecule has 0 aromatic carbocycles. The average molecular weight is 228 g/mol. The van der Waals surface area contributed by atoms with E-state index in [2.05, 4.69) is 17.1 Å². The van der Waals surface area contributed by atoms with Crippen molar-refractivity contribution in [2.45, 2.75) is 38.5 Å². The van der Waals surface area contributed by atoms with Crippen molar-refractivity contribution < 1.29 is 9.47 Å². The zero-order valence-corrected chi connectivity index (χ0v) is 10.3. The van der Waals surface area contributed by atoms with Crippen molar-refractivity contribution in [3.8, 4) is 0 Å². The van der Waals surface area contributed by atoms with Crippen LogP contribution in [0.25, 0.3) is 0 Å². The lowest BCUT2D eigenvalue weighted by atomic mass is 10.2. The molecule has 2 saturated heterocycles. The third-order valence-electron chi connectivity index (χ3n) is 3.46. The maximum Gasteiger partial charge on any atom is 0.157 e. The van der Waals surface area contributed by atoms with Crippen LogP contribution in [0, 0.1) is 0 Å². The molecule has 0 aliphatic carbocycles. The van der Waals surface area contributed by atoms with E-state index in [9.17, 15) is 0 Å². The van der Waals surface area contributed by atoms with E-state index in [0.717, 1.165) is 45.8 Å². The fourth-order valence-corrected chi connectivity index (χ4v) is 2.36. The Balaban J connectivity index is 1.59. The lowest BCUT2D eigenvalue weighted by molar-refractivity contribution is -0.165. The molecule has 0 bridgehead atoms. The van der Waals surface area contributed by atoms with Crippen LogP contribution in [-0.4, -0.2) is 56.6 Å². The number of piperazine rings is 1. The monoisotopic (exact) mass is 228 g/mol. The summed E-state index contributed by atoms with van der Waals surface area (Å²) in [6.45, 7) is 8.30. The fraction of sp³-hybridized carbons (Fsp3) is 1.00. The van der Waals surface area contributed by atoms with Gasteiger partial charge in [0.05, 0.1) is 6.61 Å². The highest BCUT2D eigenvalue weighted by Crippen LogP contribution is 2.13. The van der Waals surface area contributed by atoms with Gasteiger partial charge in [-0.1, -0.05) is 0 Å². The van der Waals surface area contributed by atoms with Crippen LogP contribution in [0.1, 0.15) is 26.2 Å². The van der Waals surface area contributed by atoms with Gasteiger partial charge in [-0.05, 0) is 26.2 Å². The van der Waals surface area contributed by atoms with Crippen molar-refractivity contribution in [1.82, 2.24) is 10.2 Å². The molecule has 2 heterocycles. The highest BCUT2D eigenvalue weighted by Gasteiger charge is 2.18. The number of hydrogen-bond donors (Lipinski definition) is 1. The molecule has 0 amide bonds. The molecule has 0 aromatic heterocycles. The van der Waals surface area contributed by atoms with Gasteiger partial charge in [-0.15, -0.1) is 0 Å². The van der Waals surface area contributed by atoms with E-state index in [1.807, 2.05) is 0 Å². The maximum absolute atomic E-state index is 5.75. The van der Waals surface area contributed by atoms with Crippen molar-refractivity contribution in [1.29, 1.82) is 0 Å². The number of ether oxygens (including phenoxy) is 2. The molecule has 0 spiro atoms. The van der Waals surface area contributed by atoms with Gasteiger partial charge >= 0.3 is 0 Å². The standard InChI is InChI=1S/C12H24N2O2/c1-11-10-13-5-6-14(11)7-9-16-12-4-2-3-8-15-12/h11-13H,2-10H2,1H3/t11-,12?/m1/s1. The first kappa shape index (κ1) is 12.3. The van der Waals surface area contributed by atoms with E-state index in [1.54, 1.807) is 0 Å².